The fraction of sp³-hybridized carbons (Fsp3) is 0.429. The molecule has 0 aromatic carbocycles. The molecule has 0 aliphatic carbocycles. The second-order valence-corrected chi connectivity index (χ2v) is 6.86. The fourth-order valence-electron chi connectivity index (χ4n) is 2.40. The first-order valence-electron chi connectivity index (χ1n) is 7.02. The Bertz CT molecular complexity index is 660. The van der Waals surface area contributed by atoms with Gasteiger partial charge in [0.2, 0.25) is 0 Å². The molecule has 2 aromatic heterocycles. The summed E-state index contributed by atoms with van der Waals surface area (Å²) in [6.07, 6.45) is 0. The van der Waals surface area contributed by atoms with Gasteiger partial charge in [-0.2, -0.15) is 0 Å². The third kappa shape index (κ3) is 3.23. The predicted octanol–water partition coefficient (Wildman–Crippen LogP) is 1.55. The van der Waals surface area contributed by atoms with Gasteiger partial charge in [-0.25, -0.2) is 0 Å². The van der Waals surface area contributed by atoms with Gasteiger partial charge in [0, 0.05) is 26.2 Å². The van der Waals surface area contributed by atoms with Gasteiger partial charge in [-0.05, 0) is 29.9 Å². The van der Waals surface area contributed by atoms with Crippen LogP contribution in [0, 0.1) is 6.92 Å². The molecule has 3 rings (SSSR count). The highest BCUT2D eigenvalue weighted by Crippen LogP contribution is 2.15. The first kappa shape index (κ1) is 15.3. The highest BCUT2D eigenvalue weighted by molar-refractivity contribution is 7.12. The average molecular weight is 336 g/mol. The zero-order chi connectivity index (χ0) is 15.5. The van der Waals surface area contributed by atoms with Gasteiger partial charge in [0.05, 0.1) is 17.1 Å². The van der Waals surface area contributed by atoms with E-state index in [2.05, 4.69) is 14.5 Å². The van der Waals surface area contributed by atoms with Gasteiger partial charge < -0.3 is 4.90 Å². The largest absolute Gasteiger partial charge is 0.335 e. The molecule has 2 aromatic rings. The molecular formula is C14H16N4O2S2. The molecule has 1 aliphatic heterocycles. The number of nitrogens with zero attached hydrogens (tertiary/aromatic N) is 4. The molecule has 6 nitrogen and oxygen atoms in total. The Labute approximate surface area is 136 Å². The molecular weight excluding hydrogens is 320 g/mol. The van der Waals surface area contributed by atoms with E-state index in [1.807, 2.05) is 22.4 Å². The van der Waals surface area contributed by atoms with Crippen molar-refractivity contribution in [3.63, 3.8) is 0 Å². The van der Waals surface area contributed by atoms with Crippen molar-refractivity contribution in [2.75, 3.05) is 32.7 Å². The van der Waals surface area contributed by atoms with Crippen molar-refractivity contribution in [1.29, 1.82) is 0 Å². The number of piperazine rings is 1. The van der Waals surface area contributed by atoms with Crippen molar-refractivity contribution in [1.82, 2.24) is 19.4 Å². The van der Waals surface area contributed by atoms with Crippen LogP contribution < -0.4 is 0 Å². The monoisotopic (exact) mass is 336 g/mol. The summed E-state index contributed by atoms with van der Waals surface area (Å²) in [6, 6.07) is 3.74. The number of carbonyl (C=O) groups excluding carboxylic acids is 2. The Balaban J connectivity index is 1.53. The summed E-state index contributed by atoms with van der Waals surface area (Å²) >= 11 is 2.61. The molecule has 0 atom stereocenters. The van der Waals surface area contributed by atoms with E-state index < -0.39 is 0 Å². The summed E-state index contributed by atoms with van der Waals surface area (Å²) in [4.78, 5) is 29.8. The van der Waals surface area contributed by atoms with E-state index >= 15 is 0 Å². The molecule has 1 aliphatic rings. The maximum Gasteiger partial charge on any atom is 0.267 e. The van der Waals surface area contributed by atoms with Crippen LogP contribution in [-0.4, -0.2) is 63.8 Å². The lowest BCUT2D eigenvalue weighted by Gasteiger charge is -2.34. The number of Topliss-reactive ketones (excluding diaryl/α,β-unsaturated/α-hetero) is 1. The fourth-order valence-corrected chi connectivity index (χ4v) is 3.68. The number of rotatable bonds is 4. The Kier molecular flexibility index (Phi) is 4.60. The number of aromatic nitrogens is 2. The SMILES string of the molecule is Cc1nnsc1C(=O)N1CCN(CC(=O)c2cccs2)CC1. The zero-order valence-electron chi connectivity index (χ0n) is 12.2. The third-order valence-electron chi connectivity index (χ3n) is 3.67. The topological polar surface area (TPSA) is 66.4 Å². The van der Waals surface area contributed by atoms with Crippen molar-refractivity contribution < 1.29 is 9.59 Å². The van der Waals surface area contributed by atoms with Crippen LogP contribution in [0.3, 0.4) is 0 Å². The van der Waals surface area contributed by atoms with E-state index in [0.717, 1.165) is 16.4 Å². The minimum absolute atomic E-state index is 0.00302. The van der Waals surface area contributed by atoms with Crippen LogP contribution in [0.4, 0.5) is 0 Å². The molecule has 0 radical (unpaired) electrons. The molecule has 1 amide bonds. The molecule has 0 saturated carbocycles. The third-order valence-corrected chi connectivity index (χ3v) is 5.40. The van der Waals surface area contributed by atoms with Gasteiger partial charge in [0.15, 0.2) is 5.78 Å². The quantitative estimate of drug-likeness (QED) is 0.793. The second kappa shape index (κ2) is 6.64. The summed E-state index contributed by atoms with van der Waals surface area (Å²) in [6.45, 7) is 4.92. The smallest absolute Gasteiger partial charge is 0.267 e. The second-order valence-electron chi connectivity index (χ2n) is 5.16. The summed E-state index contributed by atoms with van der Waals surface area (Å²) in [5, 5.41) is 5.79. The number of amides is 1. The lowest BCUT2D eigenvalue weighted by atomic mass is 10.2. The Morgan fingerprint density at radius 2 is 2.05 bits per heavy atom. The standard InChI is InChI=1S/C14H16N4O2S2/c1-10-13(22-16-15-10)14(20)18-6-4-17(5-7-18)9-11(19)12-3-2-8-21-12/h2-3,8H,4-7,9H2,1H3. The molecule has 1 fully saturated rings. The van der Waals surface area contributed by atoms with Crippen molar-refractivity contribution in [2.45, 2.75) is 6.92 Å². The number of carbonyl (C=O) groups is 2. The van der Waals surface area contributed by atoms with Crippen molar-refractivity contribution in [3.05, 3.63) is 33.0 Å². The van der Waals surface area contributed by atoms with E-state index in [0.29, 0.717) is 43.3 Å². The first-order valence-corrected chi connectivity index (χ1v) is 8.68. The molecule has 3 heterocycles. The van der Waals surface area contributed by atoms with E-state index in [1.54, 1.807) is 6.92 Å². The number of thiophene rings is 1. The minimum atomic E-state index is -0.00302. The van der Waals surface area contributed by atoms with Gasteiger partial charge >= 0.3 is 0 Å². The van der Waals surface area contributed by atoms with Crippen LogP contribution in [0.1, 0.15) is 25.0 Å². The van der Waals surface area contributed by atoms with Gasteiger partial charge in [0.25, 0.3) is 5.91 Å². The van der Waals surface area contributed by atoms with Crippen LogP contribution >= 0.6 is 22.9 Å². The van der Waals surface area contributed by atoms with Gasteiger partial charge in [0.1, 0.15) is 4.88 Å². The number of ketones is 1. The lowest BCUT2D eigenvalue weighted by Crippen LogP contribution is -2.49. The maximum atomic E-state index is 12.4. The Morgan fingerprint density at radius 3 is 2.64 bits per heavy atom. The molecule has 1 saturated heterocycles. The Hall–Kier alpha value is -1.64. The van der Waals surface area contributed by atoms with E-state index in [4.69, 9.17) is 0 Å². The molecule has 116 valence electrons. The minimum Gasteiger partial charge on any atom is -0.335 e. The van der Waals surface area contributed by atoms with Crippen LogP contribution in [0.2, 0.25) is 0 Å². The summed E-state index contributed by atoms with van der Waals surface area (Å²) in [5.74, 6) is 0.147. The summed E-state index contributed by atoms with van der Waals surface area (Å²) in [5.41, 5.74) is 0.685. The zero-order valence-corrected chi connectivity index (χ0v) is 13.8. The summed E-state index contributed by atoms with van der Waals surface area (Å²) in [7, 11) is 0. The van der Waals surface area contributed by atoms with Crippen LogP contribution in [-0.2, 0) is 0 Å². The highest BCUT2D eigenvalue weighted by Gasteiger charge is 2.26. The van der Waals surface area contributed by atoms with Crippen LogP contribution in [0.15, 0.2) is 17.5 Å². The average Bonchev–Trinajstić information content (AvgIpc) is 3.18. The van der Waals surface area contributed by atoms with Crippen LogP contribution in [0.5, 0.6) is 0 Å². The number of hydrogen-bond donors (Lipinski definition) is 0. The highest BCUT2D eigenvalue weighted by atomic mass is 32.1. The predicted molar refractivity (Wildman–Crippen MR) is 85.6 cm³/mol. The molecule has 0 N–H and O–H groups in total. The van der Waals surface area contributed by atoms with Crippen molar-refractivity contribution in [2.24, 2.45) is 0 Å². The normalized spacial score (nSPS) is 16.0. The van der Waals surface area contributed by atoms with E-state index in [1.165, 1.54) is 11.3 Å². The molecule has 0 unspecified atom stereocenters. The molecule has 0 bridgehead atoms. The molecule has 8 heteroatoms. The summed E-state index contributed by atoms with van der Waals surface area (Å²) < 4.78 is 3.81. The van der Waals surface area contributed by atoms with Crippen molar-refractivity contribution >= 4 is 34.6 Å². The number of aryl methyl sites for hydroxylation is 1. The Morgan fingerprint density at radius 1 is 1.27 bits per heavy atom. The lowest BCUT2D eigenvalue weighted by molar-refractivity contribution is 0.0628. The van der Waals surface area contributed by atoms with E-state index in [9.17, 15) is 9.59 Å². The van der Waals surface area contributed by atoms with Crippen molar-refractivity contribution in [3.8, 4) is 0 Å². The number of hydrogen-bond acceptors (Lipinski definition) is 7. The van der Waals surface area contributed by atoms with Crippen LogP contribution in [0.25, 0.3) is 0 Å². The molecule has 22 heavy (non-hydrogen) atoms. The van der Waals surface area contributed by atoms with Gasteiger partial charge in [-0.15, -0.1) is 16.4 Å². The van der Waals surface area contributed by atoms with Gasteiger partial charge in [-0.3, -0.25) is 14.5 Å². The van der Waals surface area contributed by atoms with Gasteiger partial charge in [-0.1, -0.05) is 10.6 Å². The maximum absolute atomic E-state index is 12.4. The van der Waals surface area contributed by atoms with E-state index in [-0.39, 0.29) is 11.7 Å². The first-order chi connectivity index (χ1) is 10.6. The molecule has 0 spiro atoms.